The first kappa shape index (κ1) is 16.9. The van der Waals surface area contributed by atoms with Gasteiger partial charge in [0.2, 0.25) is 0 Å². The van der Waals surface area contributed by atoms with Crippen molar-refractivity contribution >= 4 is 10.9 Å². The van der Waals surface area contributed by atoms with Gasteiger partial charge in [-0.1, -0.05) is 18.2 Å². The molecule has 2 bridgehead atoms. The van der Waals surface area contributed by atoms with Gasteiger partial charge in [0.25, 0.3) is 0 Å². The molecule has 2 saturated heterocycles. The van der Waals surface area contributed by atoms with Gasteiger partial charge in [-0.25, -0.2) is 4.39 Å². The van der Waals surface area contributed by atoms with Crippen molar-refractivity contribution in [2.24, 2.45) is 0 Å². The molecule has 27 heavy (non-hydrogen) atoms. The molecule has 2 aliphatic heterocycles. The molecule has 2 aliphatic rings. The van der Waals surface area contributed by atoms with Crippen molar-refractivity contribution in [1.82, 2.24) is 14.5 Å². The summed E-state index contributed by atoms with van der Waals surface area (Å²) in [4.78, 5) is 6.63. The normalized spacial score (nSPS) is 28.1. The van der Waals surface area contributed by atoms with E-state index >= 15 is 0 Å². The zero-order valence-corrected chi connectivity index (χ0v) is 15.3. The van der Waals surface area contributed by atoms with Crippen molar-refractivity contribution in [3.05, 3.63) is 66.4 Å². The van der Waals surface area contributed by atoms with Crippen molar-refractivity contribution in [1.29, 1.82) is 0 Å². The fourth-order valence-corrected chi connectivity index (χ4v) is 5.11. The smallest absolute Gasteiger partial charge is 0.127 e. The van der Waals surface area contributed by atoms with Crippen LogP contribution in [0.5, 0.6) is 0 Å². The number of halogens is 1. The first-order valence-corrected chi connectivity index (χ1v) is 9.72. The molecule has 2 aromatic heterocycles. The molecule has 5 heteroatoms. The Morgan fingerprint density at radius 1 is 1.11 bits per heavy atom. The summed E-state index contributed by atoms with van der Waals surface area (Å²) in [5.41, 5.74) is 1.09. The number of fused-ring (bicyclic) bond motifs is 3. The van der Waals surface area contributed by atoms with Crippen LogP contribution < -0.4 is 0 Å². The highest BCUT2D eigenvalue weighted by atomic mass is 19.1. The van der Waals surface area contributed by atoms with E-state index in [4.69, 9.17) is 0 Å². The third-order valence-corrected chi connectivity index (χ3v) is 6.35. The molecule has 1 aromatic carbocycles. The van der Waals surface area contributed by atoms with Crippen molar-refractivity contribution < 1.29 is 9.50 Å². The van der Waals surface area contributed by atoms with Crippen LogP contribution in [0.15, 0.2) is 55.0 Å². The third-order valence-electron chi connectivity index (χ3n) is 6.35. The lowest BCUT2D eigenvalue weighted by Crippen LogP contribution is -2.52. The number of aromatic nitrogens is 2. The number of hydrogen-bond acceptors (Lipinski definition) is 3. The summed E-state index contributed by atoms with van der Waals surface area (Å²) in [6.45, 7) is 1.22. The Kier molecular flexibility index (Phi) is 4.02. The highest BCUT2D eigenvalue weighted by Gasteiger charge is 2.47. The number of benzene rings is 1. The molecule has 0 saturated carbocycles. The van der Waals surface area contributed by atoms with Gasteiger partial charge in [-0.15, -0.1) is 0 Å². The van der Waals surface area contributed by atoms with E-state index in [1.165, 1.54) is 6.07 Å². The fourth-order valence-electron chi connectivity index (χ4n) is 5.11. The molecule has 4 heterocycles. The summed E-state index contributed by atoms with van der Waals surface area (Å²) in [5.74, 6) is -0.135. The molecule has 4 nitrogen and oxygen atoms in total. The van der Waals surface area contributed by atoms with Crippen molar-refractivity contribution in [2.45, 2.75) is 56.5 Å². The second kappa shape index (κ2) is 6.43. The molecule has 140 valence electrons. The Balaban J connectivity index is 1.35. The highest BCUT2D eigenvalue weighted by Crippen LogP contribution is 2.42. The first-order chi connectivity index (χ1) is 13.1. The fraction of sp³-hybridized carbons (Fsp3) is 0.409. The lowest BCUT2D eigenvalue weighted by molar-refractivity contribution is -0.0646. The van der Waals surface area contributed by atoms with E-state index in [-0.39, 0.29) is 5.82 Å². The number of pyridine rings is 1. The number of rotatable bonds is 4. The maximum atomic E-state index is 14.1. The Labute approximate surface area is 158 Å². The van der Waals surface area contributed by atoms with Crippen LogP contribution in [0.4, 0.5) is 4.39 Å². The molecule has 3 aromatic rings. The van der Waals surface area contributed by atoms with Gasteiger partial charge in [-0.3, -0.25) is 9.88 Å². The number of piperidine rings is 1. The van der Waals surface area contributed by atoms with E-state index in [2.05, 4.69) is 20.5 Å². The van der Waals surface area contributed by atoms with Gasteiger partial charge in [0.1, 0.15) is 5.82 Å². The Bertz CT molecular complexity index is 955. The minimum Gasteiger partial charge on any atom is -0.388 e. The second-order valence-electron chi connectivity index (χ2n) is 8.16. The lowest BCUT2D eigenvalue weighted by Gasteiger charge is -2.44. The van der Waals surface area contributed by atoms with Crippen LogP contribution in [-0.2, 0) is 13.1 Å². The largest absolute Gasteiger partial charge is 0.388 e. The summed E-state index contributed by atoms with van der Waals surface area (Å²) in [7, 11) is 0. The van der Waals surface area contributed by atoms with E-state index in [9.17, 15) is 9.50 Å². The molecule has 2 unspecified atom stereocenters. The standard InChI is InChI=1S/C22H24FN3O/c23-20-4-2-1-3-17(20)14-26-18-5-6-19(26)12-22(27,11-18)15-25-10-8-16-7-9-24-13-21(16)25/h1-4,7-10,13,18-19,27H,5-6,11-12,14-15H2. The average Bonchev–Trinajstić information content (AvgIpc) is 3.16. The van der Waals surface area contributed by atoms with E-state index in [0.29, 0.717) is 25.2 Å². The summed E-state index contributed by atoms with van der Waals surface area (Å²) in [6.07, 6.45) is 9.32. The molecule has 0 aliphatic carbocycles. The second-order valence-corrected chi connectivity index (χ2v) is 8.16. The van der Waals surface area contributed by atoms with Gasteiger partial charge in [0.05, 0.1) is 23.9 Å². The van der Waals surface area contributed by atoms with Gasteiger partial charge in [0, 0.05) is 42.0 Å². The van der Waals surface area contributed by atoms with Crippen LogP contribution in [0.1, 0.15) is 31.2 Å². The van der Waals surface area contributed by atoms with E-state index in [1.54, 1.807) is 12.3 Å². The SMILES string of the molecule is OC1(Cn2ccc3ccncc32)CC2CCC(C1)N2Cc1ccccc1F. The van der Waals surface area contributed by atoms with E-state index in [0.717, 1.165) is 42.1 Å². The van der Waals surface area contributed by atoms with Crippen LogP contribution in [-0.4, -0.2) is 37.2 Å². The van der Waals surface area contributed by atoms with Gasteiger partial charge in [-0.2, -0.15) is 0 Å². The van der Waals surface area contributed by atoms with Gasteiger partial charge >= 0.3 is 0 Å². The summed E-state index contributed by atoms with van der Waals surface area (Å²) >= 11 is 0. The molecule has 5 rings (SSSR count). The van der Waals surface area contributed by atoms with Gasteiger partial charge < -0.3 is 9.67 Å². The average molecular weight is 365 g/mol. The van der Waals surface area contributed by atoms with E-state index < -0.39 is 5.60 Å². The molecular weight excluding hydrogens is 341 g/mol. The van der Waals surface area contributed by atoms with Crippen LogP contribution in [0.25, 0.3) is 10.9 Å². The predicted molar refractivity (Wildman–Crippen MR) is 103 cm³/mol. The molecular formula is C22H24FN3O. The Hall–Kier alpha value is -2.24. The minimum absolute atomic E-state index is 0.135. The Morgan fingerprint density at radius 3 is 2.67 bits per heavy atom. The highest BCUT2D eigenvalue weighted by molar-refractivity contribution is 5.78. The summed E-state index contributed by atoms with van der Waals surface area (Å²) in [5, 5.41) is 12.5. The molecule has 0 radical (unpaired) electrons. The maximum Gasteiger partial charge on any atom is 0.127 e. The van der Waals surface area contributed by atoms with Gasteiger partial charge in [-0.05, 0) is 43.9 Å². The topological polar surface area (TPSA) is 41.3 Å². The number of aliphatic hydroxyl groups is 1. The molecule has 0 amide bonds. The zero-order chi connectivity index (χ0) is 18.4. The lowest BCUT2D eigenvalue weighted by atomic mass is 9.85. The van der Waals surface area contributed by atoms with Gasteiger partial charge in [0.15, 0.2) is 0 Å². The third kappa shape index (κ3) is 3.05. The van der Waals surface area contributed by atoms with Crippen LogP contribution in [0, 0.1) is 5.82 Å². The molecule has 2 atom stereocenters. The Morgan fingerprint density at radius 2 is 1.89 bits per heavy atom. The van der Waals surface area contributed by atoms with Crippen molar-refractivity contribution in [3.63, 3.8) is 0 Å². The summed E-state index contributed by atoms with van der Waals surface area (Å²) in [6, 6.07) is 11.7. The van der Waals surface area contributed by atoms with Crippen molar-refractivity contribution in [2.75, 3.05) is 0 Å². The zero-order valence-electron chi connectivity index (χ0n) is 15.3. The number of hydrogen-bond donors (Lipinski definition) is 1. The van der Waals surface area contributed by atoms with E-state index in [1.807, 2.05) is 30.6 Å². The quantitative estimate of drug-likeness (QED) is 0.766. The number of nitrogens with zero attached hydrogens (tertiary/aromatic N) is 3. The van der Waals surface area contributed by atoms with Crippen molar-refractivity contribution in [3.8, 4) is 0 Å². The van der Waals surface area contributed by atoms with Crippen LogP contribution >= 0.6 is 0 Å². The first-order valence-electron chi connectivity index (χ1n) is 9.72. The molecule has 1 N–H and O–H groups in total. The molecule has 2 fully saturated rings. The molecule has 0 spiro atoms. The van der Waals surface area contributed by atoms with Crippen LogP contribution in [0.2, 0.25) is 0 Å². The minimum atomic E-state index is -0.723. The predicted octanol–water partition coefficient (Wildman–Crippen LogP) is 3.73. The monoisotopic (exact) mass is 365 g/mol. The maximum absolute atomic E-state index is 14.1. The van der Waals surface area contributed by atoms with Crippen LogP contribution in [0.3, 0.4) is 0 Å². The summed E-state index contributed by atoms with van der Waals surface area (Å²) < 4.78 is 16.2.